The summed E-state index contributed by atoms with van der Waals surface area (Å²) in [5, 5.41) is 5.20. The van der Waals surface area contributed by atoms with Gasteiger partial charge in [0.05, 0.1) is 0 Å². The monoisotopic (exact) mass is 434 g/mol. The van der Waals surface area contributed by atoms with E-state index in [1.807, 2.05) is 0 Å². The number of rotatable bonds is 4. The van der Waals surface area contributed by atoms with Crippen molar-refractivity contribution in [3.63, 3.8) is 0 Å². The summed E-state index contributed by atoms with van der Waals surface area (Å²) in [5.41, 5.74) is 0. The Hall–Kier alpha value is -0.950. The van der Waals surface area contributed by atoms with Gasteiger partial charge in [0.15, 0.2) is 0 Å². The molecule has 22 heavy (non-hydrogen) atoms. The van der Waals surface area contributed by atoms with Crippen LogP contribution in [0.25, 0.3) is 0 Å². The second kappa shape index (κ2) is 8.06. The van der Waals surface area contributed by atoms with Crippen LogP contribution in [0.3, 0.4) is 0 Å². The molecule has 0 amide bonds. The third-order valence-electron chi connectivity index (χ3n) is 3.77. The van der Waals surface area contributed by atoms with Crippen LogP contribution in [0.1, 0.15) is 0 Å². The van der Waals surface area contributed by atoms with Gasteiger partial charge in [-0.3, -0.25) is 0 Å². The molecule has 3 aromatic carbocycles. The Morgan fingerprint density at radius 3 is 1.05 bits per heavy atom. The van der Waals surface area contributed by atoms with Crippen LogP contribution in [0.5, 0.6) is 0 Å². The van der Waals surface area contributed by atoms with E-state index in [-0.39, 0.29) is 17.0 Å². The van der Waals surface area contributed by atoms with Gasteiger partial charge < -0.3 is 17.0 Å². The van der Waals surface area contributed by atoms with Gasteiger partial charge >= 0.3 is 0 Å². The first-order valence-corrected chi connectivity index (χ1v) is 10.1. The van der Waals surface area contributed by atoms with Crippen molar-refractivity contribution in [2.45, 2.75) is 0 Å². The maximum atomic E-state index is 3.83. The molecule has 0 aliphatic rings. The molecular formula is C19H17Br2P. The summed E-state index contributed by atoms with van der Waals surface area (Å²) < 4.78 is 0. The van der Waals surface area contributed by atoms with Crippen molar-refractivity contribution in [3.05, 3.63) is 91.0 Å². The number of hydrogen-bond acceptors (Lipinski definition) is 0. The molecule has 0 heterocycles. The first-order valence-electron chi connectivity index (χ1n) is 6.99. The maximum absolute atomic E-state index is 3.83. The van der Waals surface area contributed by atoms with E-state index in [0.717, 1.165) is 5.07 Å². The summed E-state index contributed by atoms with van der Waals surface area (Å²) in [6.07, 6.45) is 0. The van der Waals surface area contributed by atoms with Gasteiger partial charge in [-0.1, -0.05) is 54.6 Å². The molecule has 3 heteroatoms. The van der Waals surface area contributed by atoms with Crippen LogP contribution in [-0.4, -0.2) is 5.07 Å². The second-order valence-electron chi connectivity index (χ2n) is 4.94. The lowest BCUT2D eigenvalue weighted by atomic mass is 10.4. The van der Waals surface area contributed by atoms with E-state index in [2.05, 4.69) is 107 Å². The lowest BCUT2D eigenvalue weighted by Crippen LogP contribution is -3.00. The van der Waals surface area contributed by atoms with E-state index in [0.29, 0.717) is 0 Å². The van der Waals surface area contributed by atoms with Crippen molar-refractivity contribution in [2.75, 3.05) is 5.07 Å². The molecule has 3 aromatic rings. The quantitative estimate of drug-likeness (QED) is 0.428. The Balaban J connectivity index is 0.00000176. The van der Waals surface area contributed by atoms with E-state index in [1.54, 1.807) is 0 Å². The molecule has 0 aromatic heterocycles. The molecule has 0 radical (unpaired) electrons. The van der Waals surface area contributed by atoms with Gasteiger partial charge in [0.1, 0.15) is 28.2 Å². The maximum Gasteiger partial charge on any atom is 0.127 e. The molecule has 0 aliphatic heterocycles. The van der Waals surface area contributed by atoms with E-state index < -0.39 is 7.26 Å². The average molecular weight is 436 g/mol. The number of hydrogen-bond donors (Lipinski definition) is 0. The highest BCUT2D eigenvalue weighted by atomic mass is 79.9. The molecule has 0 bridgehead atoms. The number of alkyl halides is 1. The van der Waals surface area contributed by atoms with Crippen molar-refractivity contribution in [2.24, 2.45) is 0 Å². The predicted octanol–water partition coefficient (Wildman–Crippen LogP) is 1.34. The van der Waals surface area contributed by atoms with Crippen molar-refractivity contribution in [1.29, 1.82) is 0 Å². The smallest absolute Gasteiger partial charge is 0.127 e. The minimum Gasteiger partial charge on any atom is -1.00 e. The Bertz CT molecular complexity index is 588. The Labute approximate surface area is 151 Å². The SMILES string of the molecule is BrC[P+](c1ccccc1)(c1ccccc1)c1ccccc1.[Br-]. The lowest BCUT2D eigenvalue weighted by molar-refractivity contribution is -0.00000395. The van der Waals surface area contributed by atoms with Gasteiger partial charge in [-0.15, -0.1) is 0 Å². The zero-order valence-corrected chi connectivity index (χ0v) is 16.1. The highest BCUT2D eigenvalue weighted by molar-refractivity contribution is 9.10. The molecule has 0 fully saturated rings. The van der Waals surface area contributed by atoms with Gasteiger partial charge in [-0.05, 0) is 52.3 Å². The number of benzene rings is 3. The molecule has 0 spiro atoms. The van der Waals surface area contributed by atoms with E-state index in [4.69, 9.17) is 0 Å². The standard InChI is InChI=1S/C19H17BrP.BrH/c20-16-21(17-10-4-1-5-11-17,18-12-6-2-7-13-18)19-14-8-3-9-15-19;/h1-15H,16H2;1H/q+1;/p-1. The van der Waals surface area contributed by atoms with Crippen LogP contribution in [-0.2, 0) is 0 Å². The van der Waals surface area contributed by atoms with Crippen molar-refractivity contribution in [1.82, 2.24) is 0 Å². The third-order valence-corrected chi connectivity index (χ3v) is 9.92. The van der Waals surface area contributed by atoms with Gasteiger partial charge in [0, 0.05) is 0 Å². The molecule has 112 valence electrons. The first kappa shape index (κ1) is 17.4. The highest BCUT2D eigenvalue weighted by Gasteiger charge is 2.44. The van der Waals surface area contributed by atoms with Crippen LogP contribution in [0.2, 0.25) is 0 Å². The van der Waals surface area contributed by atoms with Crippen LogP contribution in [0.4, 0.5) is 0 Å². The minimum absolute atomic E-state index is 0. The fourth-order valence-electron chi connectivity index (χ4n) is 2.70. The van der Waals surface area contributed by atoms with Gasteiger partial charge in [-0.2, -0.15) is 0 Å². The van der Waals surface area contributed by atoms with Crippen LogP contribution < -0.4 is 32.9 Å². The largest absolute Gasteiger partial charge is 1.00 e. The average Bonchev–Trinajstić information content (AvgIpc) is 2.59. The summed E-state index contributed by atoms with van der Waals surface area (Å²) >= 11 is 3.83. The Kier molecular flexibility index (Phi) is 6.37. The van der Waals surface area contributed by atoms with Crippen molar-refractivity contribution in [3.8, 4) is 0 Å². The van der Waals surface area contributed by atoms with E-state index >= 15 is 0 Å². The summed E-state index contributed by atoms with van der Waals surface area (Å²) in [6, 6.07) is 32.6. The minimum atomic E-state index is -1.62. The van der Waals surface area contributed by atoms with Crippen LogP contribution >= 0.6 is 23.2 Å². The van der Waals surface area contributed by atoms with E-state index in [9.17, 15) is 0 Å². The summed E-state index contributed by atoms with van der Waals surface area (Å²) in [5.74, 6) is 0. The van der Waals surface area contributed by atoms with Gasteiger partial charge in [0.25, 0.3) is 0 Å². The summed E-state index contributed by atoms with van der Waals surface area (Å²) in [6.45, 7) is 0. The molecule has 0 atom stereocenters. The molecular weight excluding hydrogens is 419 g/mol. The zero-order valence-electron chi connectivity index (χ0n) is 12.1. The molecule has 3 rings (SSSR count). The zero-order chi connectivity index (χ0) is 14.5. The second-order valence-corrected chi connectivity index (χ2v) is 9.85. The van der Waals surface area contributed by atoms with Gasteiger partial charge in [0.2, 0.25) is 0 Å². The Morgan fingerprint density at radius 1 is 0.545 bits per heavy atom. The molecule has 0 N–H and O–H groups in total. The predicted molar refractivity (Wildman–Crippen MR) is 98.9 cm³/mol. The summed E-state index contributed by atoms with van der Waals surface area (Å²) in [4.78, 5) is 0. The Morgan fingerprint density at radius 2 is 0.818 bits per heavy atom. The van der Waals surface area contributed by atoms with Gasteiger partial charge in [-0.25, -0.2) is 0 Å². The van der Waals surface area contributed by atoms with Crippen molar-refractivity contribution >= 4 is 39.1 Å². The normalized spacial score (nSPS) is 10.8. The highest BCUT2D eigenvalue weighted by Crippen LogP contribution is 2.56. The third kappa shape index (κ3) is 3.20. The fourth-order valence-corrected chi connectivity index (χ4v) is 8.66. The first-order chi connectivity index (χ1) is 10.4. The van der Waals surface area contributed by atoms with Crippen LogP contribution in [0.15, 0.2) is 91.0 Å². The van der Waals surface area contributed by atoms with Crippen molar-refractivity contribution < 1.29 is 17.0 Å². The molecule has 0 saturated heterocycles. The lowest BCUT2D eigenvalue weighted by Gasteiger charge is -2.25. The van der Waals surface area contributed by atoms with E-state index in [1.165, 1.54) is 15.9 Å². The van der Waals surface area contributed by atoms with Crippen LogP contribution in [0, 0.1) is 0 Å². The molecule has 0 unspecified atom stereocenters. The topological polar surface area (TPSA) is 0 Å². The molecule has 0 nitrogen and oxygen atoms in total. The fraction of sp³-hybridized carbons (Fsp3) is 0.0526. The molecule has 0 aliphatic carbocycles. The summed E-state index contributed by atoms with van der Waals surface area (Å²) in [7, 11) is -1.62. The molecule has 0 saturated carbocycles. The number of halogens is 2.